The van der Waals surface area contributed by atoms with E-state index < -0.39 is 10.1 Å². The molecule has 3 rings (SSSR count). The number of ether oxygens (including phenoxy) is 1. The minimum Gasteiger partial charge on any atom is -0.462 e. The summed E-state index contributed by atoms with van der Waals surface area (Å²) in [6, 6.07) is 13.1. The van der Waals surface area contributed by atoms with Crippen molar-refractivity contribution in [1.29, 1.82) is 0 Å². The SMILES string of the molecule is Cc1ccc(S(=O)(=O)Oc2ccccc2C=C2CCOC2=O)cc1. The molecule has 1 fully saturated rings. The van der Waals surface area contributed by atoms with Crippen molar-refractivity contribution in [2.75, 3.05) is 6.61 Å². The Balaban J connectivity index is 1.93. The van der Waals surface area contributed by atoms with Gasteiger partial charge in [0.25, 0.3) is 0 Å². The first-order chi connectivity index (χ1) is 11.5. The number of hydrogen-bond donors (Lipinski definition) is 0. The molecule has 0 aliphatic carbocycles. The molecule has 1 saturated heterocycles. The topological polar surface area (TPSA) is 69.7 Å². The van der Waals surface area contributed by atoms with Crippen molar-refractivity contribution < 1.29 is 22.1 Å². The van der Waals surface area contributed by atoms with Crippen LogP contribution < -0.4 is 4.18 Å². The van der Waals surface area contributed by atoms with Crippen LogP contribution in [-0.4, -0.2) is 21.0 Å². The maximum Gasteiger partial charge on any atom is 0.339 e. The molecule has 0 saturated carbocycles. The van der Waals surface area contributed by atoms with Crippen LogP contribution in [0.1, 0.15) is 17.5 Å². The Morgan fingerprint density at radius 2 is 1.79 bits per heavy atom. The van der Waals surface area contributed by atoms with Gasteiger partial charge in [-0.1, -0.05) is 35.9 Å². The molecule has 124 valence electrons. The molecule has 0 radical (unpaired) electrons. The number of rotatable bonds is 4. The lowest BCUT2D eigenvalue weighted by Gasteiger charge is -2.10. The largest absolute Gasteiger partial charge is 0.462 e. The number of carbonyl (C=O) groups excluding carboxylic acids is 1. The third kappa shape index (κ3) is 3.49. The highest BCUT2D eigenvalue weighted by Gasteiger charge is 2.21. The van der Waals surface area contributed by atoms with E-state index >= 15 is 0 Å². The Kier molecular flexibility index (Phi) is 4.40. The summed E-state index contributed by atoms with van der Waals surface area (Å²) in [6.07, 6.45) is 2.10. The molecule has 0 bridgehead atoms. The van der Waals surface area contributed by atoms with E-state index in [4.69, 9.17) is 8.92 Å². The molecule has 5 nitrogen and oxygen atoms in total. The highest BCUT2D eigenvalue weighted by atomic mass is 32.2. The zero-order valence-electron chi connectivity index (χ0n) is 13.1. The maximum absolute atomic E-state index is 12.4. The van der Waals surface area contributed by atoms with Gasteiger partial charge < -0.3 is 8.92 Å². The van der Waals surface area contributed by atoms with Gasteiger partial charge in [0.1, 0.15) is 10.6 Å². The zero-order valence-corrected chi connectivity index (χ0v) is 13.9. The normalized spacial score (nSPS) is 16.2. The van der Waals surface area contributed by atoms with Crippen molar-refractivity contribution in [2.24, 2.45) is 0 Å². The van der Waals surface area contributed by atoms with Crippen LogP contribution in [-0.2, 0) is 19.6 Å². The Morgan fingerprint density at radius 1 is 1.08 bits per heavy atom. The molecule has 0 spiro atoms. The van der Waals surface area contributed by atoms with E-state index in [1.807, 2.05) is 6.92 Å². The second-order valence-corrected chi connectivity index (χ2v) is 6.99. The summed E-state index contributed by atoms with van der Waals surface area (Å²) in [5, 5.41) is 0. The molecular formula is C18H16O5S. The van der Waals surface area contributed by atoms with Crippen molar-refractivity contribution in [2.45, 2.75) is 18.2 Å². The quantitative estimate of drug-likeness (QED) is 0.484. The smallest absolute Gasteiger partial charge is 0.339 e. The highest BCUT2D eigenvalue weighted by Crippen LogP contribution is 2.27. The molecule has 1 aliphatic rings. The summed E-state index contributed by atoms with van der Waals surface area (Å²) in [5.41, 5.74) is 1.97. The molecule has 2 aromatic carbocycles. The van der Waals surface area contributed by atoms with E-state index in [2.05, 4.69) is 0 Å². The fraction of sp³-hybridized carbons (Fsp3) is 0.167. The van der Waals surface area contributed by atoms with E-state index in [1.165, 1.54) is 12.1 Å². The number of esters is 1. The van der Waals surface area contributed by atoms with E-state index in [1.54, 1.807) is 42.5 Å². The molecule has 0 atom stereocenters. The van der Waals surface area contributed by atoms with Crippen molar-refractivity contribution >= 4 is 22.2 Å². The van der Waals surface area contributed by atoms with Gasteiger partial charge in [-0.05, 0) is 31.2 Å². The lowest BCUT2D eigenvalue weighted by Crippen LogP contribution is -2.10. The Bertz CT molecular complexity index is 895. The molecule has 2 aromatic rings. The number of carbonyl (C=O) groups is 1. The first kappa shape index (κ1) is 16.3. The molecule has 0 amide bonds. The van der Waals surface area contributed by atoms with Crippen LogP contribution in [0.15, 0.2) is 59.0 Å². The Hall–Kier alpha value is -2.60. The third-order valence-corrected chi connectivity index (χ3v) is 4.87. The first-order valence-corrected chi connectivity index (χ1v) is 8.84. The summed E-state index contributed by atoms with van der Waals surface area (Å²) < 4.78 is 35.0. The van der Waals surface area contributed by atoms with Crippen LogP contribution in [0.4, 0.5) is 0 Å². The maximum atomic E-state index is 12.4. The van der Waals surface area contributed by atoms with Crippen LogP contribution in [0.25, 0.3) is 6.08 Å². The predicted octanol–water partition coefficient (Wildman–Crippen LogP) is 3.09. The summed E-state index contributed by atoms with van der Waals surface area (Å²) in [7, 11) is -3.95. The molecule has 24 heavy (non-hydrogen) atoms. The Labute approximate surface area is 140 Å². The standard InChI is InChI=1S/C18H16O5S/c1-13-6-8-16(9-7-13)24(20,21)23-17-5-3-2-4-14(17)12-15-10-11-22-18(15)19/h2-9,12H,10-11H2,1H3. The Morgan fingerprint density at radius 3 is 2.46 bits per heavy atom. The number of hydrogen-bond acceptors (Lipinski definition) is 5. The zero-order chi connectivity index (χ0) is 17.2. The van der Waals surface area contributed by atoms with Crippen LogP contribution in [0.5, 0.6) is 5.75 Å². The predicted molar refractivity (Wildman–Crippen MR) is 89.0 cm³/mol. The lowest BCUT2D eigenvalue weighted by atomic mass is 10.1. The molecular weight excluding hydrogens is 328 g/mol. The minimum absolute atomic E-state index is 0.0795. The number of aryl methyl sites for hydroxylation is 1. The molecule has 6 heteroatoms. The van der Waals surface area contributed by atoms with Gasteiger partial charge in [-0.3, -0.25) is 0 Å². The van der Waals surface area contributed by atoms with Crippen LogP contribution in [0, 0.1) is 6.92 Å². The summed E-state index contributed by atoms with van der Waals surface area (Å²) in [5.74, 6) is -0.212. The lowest BCUT2D eigenvalue weighted by molar-refractivity contribution is -0.134. The van der Waals surface area contributed by atoms with Gasteiger partial charge in [0.05, 0.1) is 6.61 Å². The number of benzene rings is 2. The summed E-state index contributed by atoms with van der Waals surface area (Å²) in [6.45, 7) is 2.22. The van der Waals surface area contributed by atoms with Gasteiger partial charge >= 0.3 is 16.1 Å². The molecule has 0 aromatic heterocycles. The van der Waals surface area contributed by atoms with Crippen LogP contribution in [0.3, 0.4) is 0 Å². The second kappa shape index (κ2) is 6.49. The van der Waals surface area contributed by atoms with E-state index in [9.17, 15) is 13.2 Å². The van der Waals surface area contributed by atoms with Gasteiger partial charge in [-0.25, -0.2) is 4.79 Å². The molecule has 0 N–H and O–H groups in total. The summed E-state index contributed by atoms with van der Waals surface area (Å²) >= 11 is 0. The monoisotopic (exact) mass is 344 g/mol. The van der Waals surface area contributed by atoms with E-state index in [0.717, 1.165) is 5.56 Å². The second-order valence-electron chi connectivity index (χ2n) is 5.44. The molecule has 1 heterocycles. The van der Waals surface area contributed by atoms with E-state index in [0.29, 0.717) is 24.2 Å². The number of cyclic esters (lactones) is 1. The van der Waals surface area contributed by atoms with E-state index in [-0.39, 0.29) is 16.6 Å². The van der Waals surface area contributed by atoms with Crippen molar-refractivity contribution in [1.82, 2.24) is 0 Å². The average molecular weight is 344 g/mol. The van der Waals surface area contributed by atoms with Crippen molar-refractivity contribution in [3.05, 3.63) is 65.2 Å². The minimum atomic E-state index is -3.95. The van der Waals surface area contributed by atoms with Crippen molar-refractivity contribution in [3.8, 4) is 5.75 Å². The van der Waals surface area contributed by atoms with Crippen LogP contribution >= 0.6 is 0 Å². The first-order valence-electron chi connectivity index (χ1n) is 7.43. The average Bonchev–Trinajstić information content (AvgIpc) is 2.94. The van der Waals surface area contributed by atoms with Crippen LogP contribution in [0.2, 0.25) is 0 Å². The van der Waals surface area contributed by atoms with Gasteiger partial charge in [0.15, 0.2) is 0 Å². The van der Waals surface area contributed by atoms with Crippen molar-refractivity contribution in [3.63, 3.8) is 0 Å². The fourth-order valence-corrected chi connectivity index (χ4v) is 3.27. The highest BCUT2D eigenvalue weighted by molar-refractivity contribution is 7.87. The molecule has 0 unspecified atom stereocenters. The molecule has 1 aliphatic heterocycles. The third-order valence-electron chi connectivity index (χ3n) is 3.62. The van der Waals surface area contributed by atoms with Gasteiger partial charge in [-0.2, -0.15) is 8.42 Å². The summed E-state index contributed by atoms with van der Waals surface area (Å²) in [4.78, 5) is 11.7. The van der Waals surface area contributed by atoms with Gasteiger partial charge in [0.2, 0.25) is 0 Å². The van der Waals surface area contributed by atoms with Gasteiger partial charge in [-0.15, -0.1) is 0 Å². The van der Waals surface area contributed by atoms with Gasteiger partial charge in [0, 0.05) is 17.6 Å². The fourth-order valence-electron chi connectivity index (χ4n) is 2.31. The number of para-hydroxylation sites is 1.